The summed E-state index contributed by atoms with van der Waals surface area (Å²) in [6, 6.07) is 5.28. The van der Waals surface area contributed by atoms with Crippen LogP contribution in [-0.4, -0.2) is 31.6 Å². The Hall–Kier alpha value is -3.10. The molecule has 1 aromatic carbocycles. The second-order valence-electron chi connectivity index (χ2n) is 5.45. The Bertz CT molecular complexity index is 853. The minimum atomic E-state index is -4.60. The van der Waals surface area contributed by atoms with Gasteiger partial charge in [-0.3, -0.25) is 4.79 Å². The van der Waals surface area contributed by atoms with Crippen LogP contribution < -0.4 is 5.32 Å². The number of carbonyl (C=O) groups excluding carboxylic acids is 1. The first-order chi connectivity index (χ1) is 11.8. The van der Waals surface area contributed by atoms with Crippen molar-refractivity contribution in [2.75, 3.05) is 0 Å². The van der Waals surface area contributed by atoms with Crippen molar-refractivity contribution in [3.8, 4) is 5.69 Å². The van der Waals surface area contributed by atoms with Crippen molar-refractivity contribution in [3.63, 3.8) is 0 Å². The van der Waals surface area contributed by atoms with Crippen molar-refractivity contribution in [1.82, 2.24) is 24.9 Å². The largest absolute Gasteiger partial charge is 0.412 e. The van der Waals surface area contributed by atoms with Crippen LogP contribution in [0.3, 0.4) is 0 Å². The van der Waals surface area contributed by atoms with Gasteiger partial charge in [0.25, 0.3) is 5.91 Å². The van der Waals surface area contributed by atoms with Gasteiger partial charge in [0.1, 0.15) is 0 Å². The van der Waals surface area contributed by atoms with Crippen LogP contribution in [0.2, 0.25) is 0 Å². The highest BCUT2D eigenvalue weighted by Gasteiger charge is 2.42. The second kappa shape index (κ2) is 6.42. The summed E-state index contributed by atoms with van der Waals surface area (Å²) in [7, 11) is 1.61. The van der Waals surface area contributed by atoms with Gasteiger partial charge in [-0.25, -0.2) is 4.68 Å². The summed E-state index contributed by atoms with van der Waals surface area (Å²) in [5, 5.41) is 9.51. The molecule has 2 aromatic heterocycles. The van der Waals surface area contributed by atoms with Gasteiger partial charge in [-0.1, -0.05) is 5.21 Å². The summed E-state index contributed by atoms with van der Waals surface area (Å²) in [5.41, 5.74) is 0.737. The normalized spacial score (nSPS) is 12.8. The number of nitrogens with zero attached hydrogens (tertiary/aromatic N) is 4. The third-order valence-corrected chi connectivity index (χ3v) is 3.61. The van der Waals surface area contributed by atoms with E-state index < -0.39 is 18.1 Å². The molecule has 0 aliphatic rings. The Labute approximate surface area is 140 Å². The average Bonchev–Trinajstić information content (AvgIpc) is 3.23. The first kappa shape index (κ1) is 16.7. The van der Waals surface area contributed by atoms with E-state index in [9.17, 15) is 18.0 Å². The highest BCUT2D eigenvalue weighted by atomic mass is 19.4. The van der Waals surface area contributed by atoms with Gasteiger partial charge < -0.3 is 9.88 Å². The number of nitrogens with one attached hydrogen (secondary N) is 1. The molecule has 9 heteroatoms. The maximum Gasteiger partial charge on any atom is 0.412 e. The molecule has 3 rings (SSSR count). The van der Waals surface area contributed by atoms with Gasteiger partial charge in [0.2, 0.25) is 0 Å². The lowest BCUT2D eigenvalue weighted by Gasteiger charge is -2.21. The van der Waals surface area contributed by atoms with Crippen LogP contribution in [0.4, 0.5) is 13.2 Å². The molecule has 0 aliphatic heterocycles. The molecule has 0 unspecified atom stereocenters. The average molecular weight is 349 g/mol. The highest BCUT2D eigenvalue weighted by Crippen LogP contribution is 2.33. The van der Waals surface area contributed by atoms with Crippen molar-refractivity contribution in [3.05, 3.63) is 66.2 Å². The smallest absolute Gasteiger partial charge is 0.357 e. The number of hydrogen-bond donors (Lipinski definition) is 1. The van der Waals surface area contributed by atoms with E-state index in [-0.39, 0.29) is 11.1 Å². The summed E-state index contributed by atoms with van der Waals surface area (Å²) in [5.74, 6) is -0.809. The molecule has 1 N–H and O–H groups in total. The molecule has 0 bridgehead atoms. The van der Waals surface area contributed by atoms with Gasteiger partial charge in [0, 0.05) is 30.6 Å². The fourth-order valence-corrected chi connectivity index (χ4v) is 2.38. The number of aromatic nitrogens is 4. The van der Waals surface area contributed by atoms with Crippen LogP contribution >= 0.6 is 0 Å². The Balaban J connectivity index is 1.79. The van der Waals surface area contributed by atoms with Gasteiger partial charge in [-0.15, -0.1) is 5.10 Å². The fourth-order valence-electron chi connectivity index (χ4n) is 2.38. The molecule has 0 aliphatic carbocycles. The van der Waals surface area contributed by atoms with Crippen molar-refractivity contribution in [1.29, 1.82) is 0 Å². The quantitative estimate of drug-likeness (QED) is 0.788. The molecule has 1 amide bonds. The minimum Gasteiger partial charge on any atom is -0.357 e. The molecule has 6 nitrogen and oxygen atoms in total. The van der Waals surface area contributed by atoms with E-state index in [1.807, 2.05) is 5.32 Å². The standard InChI is InChI=1S/C16H14F3N5O/c1-23-8-6-12(10-23)14(16(17,18)19)21-15(25)11-2-4-13(5-3-11)24-9-7-20-22-24/h2-10,14H,1H3,(H,21,25)/t14-/m0/s1. The summed E-state index contributed by atoms with van der Waals surface area (Å²) in [6.45, 7) is 0. The maximum absolute atomic E-state index is 13.3. The van der Waals surface area contributed by atoms with Gasteiger partial charge in [0.15, 0.2) is 6.04 Å². The minimum absolute atomic E-state index is 0.0254. The molecule has 0 saturated heterocycles. The number of alkyl halides is 3. The number of carbonyl (C=O) groups is 1. The van der Waals surface area contributed by atoms with E-state index in [0.29, 0.717) is 5.69 Å². The molecule has 1 atom stereocenters. The molecule has 130 valence electrons. The van der Waals surface area contributed by atoms with E-state index in [1.165, 1.54) is 46.0 Å². The number of rotatable bonds is 4. The Morgan fingerprint density at radius 1 is 1.16 bits per heavy atom. The Kier molecular flexibility index (Phi) is 4.30. The lowest BCUT2D eigenvalue weighted by Crippen LogP contribution is -2.38. The zero-order valence-corrected chi connectivity index (χ0v) is 13.1. The summed E-state index contributed by atoms with van der Waals surface area (Å²) in [6.07, 6.45) is 1.33. The number of amides is 1. The maximum atomic E-state index is 13.3. The number of hydrogen-bond acceptors (Lipinski definition) is 3. The van der Waals surface area contributed by atoms with Crippen molar-refractivity contribution in [2.45, 2.75) is 12.2 Å². The molecule has 3 aromatic rings. The predicted octanol–water partition coefficient (Wildman–Crippen LogP) is 2.64. The van der Waals surface area contributed by atoms with E-state index in [4.69, 9.17) is 0 Å². The number of aryl methyl sites for hydroxylation is 1. The third-order valence-electron chi connectivity index (χ3n) is 3.61. The Morgan fingerprint density at radius 3 is 2.40 bits per heavy atom. The molecular weight excluding hydrogens is 335 g/mol. The molecular formula is C16H14F3N5O. The molecule has 2 heterocycles. The predicted molar refractivity (Wildman–Crippen MR) is 83.0 cm³/mol. The highest BCUT2D eigenvalue weighted by molar-refractivity contribution is 5.94. The summed E-state index contributed by atoms with van der Waals surface area (Å²) >= 11 is 0. The topological polar surface area (TPSA) is 64.7 Å². The van der Waals surface area contributed by atoms with Crippen molar-refractivity contribution in [2.24, 2.45) is 7.05 Å². The molecule has 0 spiro atoms. The van der Waals surface area contributed by atoms with Gasteiger partial charge in [-0.2, -0.15) is 13.2 Å². The van der Waals surface area contributed by atoms with Gasteiger partial charge in [0.05, 0.1) is 18.1 Å². The van der Waals surface area contributed by atoms with Crippen LogP contribution in [0.25, 0.3) is 5.69 Å². The van der Waals surface area contributed by atoms with E-state index in [1.54, 1.807) is 25.4 Å². The monoisotopic (exact) mass is 349 g/mol. The fraction of sp³-hybridized carbons (Fsp3) is 0.188. The summed E-state index contributed by atoms with van der Waals surface area (Å²) in [4.78, 5) is 12.2. The van der Waals surface area contributed by atoms with Gasteiger partial charge >= 0.3 is 6.18 Å². The van der Waals surface area contributed by atoms with Gasteiger partial charge in [-0.05, 0) is 30.3 Å². The first-order valence-electron chi connectivity index (χ1n) is 7.31. The zero-order chi connectivity index (χ0) is 18.0. The van der Waals surface area contributed by atoms with Crippen molar-refractivity contribution >= 4 is 5.91 Å². The third kappa shape index (κ3) is 3.70. The van der Waals surface area contributed by atoms with Crippen LogP contribution in [0.1, 0.15) is 22.0 Å². The molecule has 0 saturated carbocycles. The SMILES string of the molecule is Cn1ccc([C@H](NC(=O)c2ccc(-n3ccnn3)cc2)C(F)(F)F)c1. The Morgan fingerprint density at radius 2 is 1.88 bits per heavy atom. The van der Waals surface area contributed by atoms with Crippen LogP contribution in [0.15, 0.2) is 55.1 Å². The van der Waals surface area contributed by atoms with Crippen LogP contribution in [0, 0.1) is 0 Å². The van der Waals surface area contributed by atoms with E-state index in [2.05, 4.69) is 10.3 Å². The van der Waals surface area contributed by atoms with E-state index >= 15 is 0 Å². The second-order valence-corrected chi connectivity index (χ2v) is 5.45. The lowest BCUT2D eigenvalue weighted by molar-refractivity contribution is -0.155. The summed E-state index contributed by atoms with van der Waals surface area (Å²) < 4.78 is 42.9. The van der Waals surface area contributed by atoms with Crippen molar-refractivity contribution < 1.29 is 18.0 Å². The number of halogens is 3. The zero-order valence-electron chi connectivity index (χ0n) is 13.1. The molecule has 0 radical (unpaired) electrons. The lowest BCUT2D eigenvalue weighted by atomic mass is 10.1. The molecule has 0 fully saturated rings. The first-order valence-corrected chi connectivity index (χ1v) is 7.31. The molecule has 25 heavy (non-hydrogen) atoms. The number of benzene rings is 1. The van der Waals surface area contributed by atoms with Crippen LogP contribution in [0.5, 0.6) is 0 Å². The van der Waals surface area contributed by atoms with Crippen LogP contribution in [-0.2, 0) is 7.05 Å². The van der Waals surface area contributed by atoms with E-state index in [0.717, 1.165) is 0 Å².